The van der Waals surface area contributed by atoms with Gasteiger partial charge in [-0.05, 0) is 62.4 Å². The normalized spacial score (nSPS) is 11.8. The monoisotopic (exact) mass is 339 g/mol. The van der Waals surface area contributed by atoms with E-state index >= 15 is 0 Å². The SMILES string of the molecule is CCCCc1ccc(NC(=O)C(CC)Oc2ccc(C)cc2C)cc1. The number of aryl methyl sites for hydroxylation is 3. The predicted octanol–water partition coefficient (Wildman–Crippen LogP) is 5.44. The van der Waals surface area contributed by atoms with Gasteiger partial charge in [0.2, 0.25) is 0 Å². The minimum absolute atomic E-state index is 0.108. The van der Waals surface area contributed by atoms with E-state index in [1.165, 1.54) is 24.0 Å². The summed E-state index contributed by atoms with van der Waals surface area (Å²) in [5.74, 6) is 0.659. The van der Waals surface area contributed by atoms with Crippen molar-refractivity contribution in [3.05, 3.63) is 59.2 Å². The molecule has 2 aromatic rings. The molecule has 0 saturated heterocycles. The highest BCUT2D eigenvalue weighted by molar-refractivity contribution is 5.94. The molecular weight excluding hydrogens is 310 g/mol. The molecule has 1 N–H and O–H groups in total. The van der Waals surface area contributed by atoms with Gasteiger partial charge in [-0.2, -0.15) is 0 Å². The van der Waals surface area contributed by atoms with E-state index in [1.807, 2.05) is 45.0 Å². The van der Waals surface area contributed by atoms with Gasteiger partial charge in [-0.25, -0.2) is 0 Å². The van der Waals surface area contributed by atoms with Crippen molar-refractivity contribution in [3.63, 3.8) is 0 Å². The Balaban J connectivity index is 1.99. The number of amides is 1. The van der Waals surface area contributed by atoms with E-state index in [2.05, 4.69) is 30.4 Å². The van der Waals surface area contributed by atoms with Crippen LogP contribution in [0.4, 0.5) is 5.69 Å². The summed E-state index contributed by atoms with van der Waals surface area (Å²) in [7, 11) is 0. The maximum Gasteiger partial charge on any atom is 0.265 e. The van der Waals surface area contributed by atoms with Crippen LogP contribution in [-0.4, -0.2) is 12.0 Å². The van der Waals surface area contributed by atoms with Crippen molar-refractivity contribution in [3.8, 4) is 5.75 Å². The summed E-state index contributed by atoms with van der Waals surface area (Å²) >= 11 is 0. The van der Waals surface area contributed by atoms with Gasteiger partial charge in [-0.3, -0.25) is 4.79 Å². The van der Waals surface area contributed by atoms with Gasteiger partial charge >= 0.3 is 0 Å². The van der Waals surface area contributed by atoms with Crippen molar-refractivity contribution in [2.24, 2.45) is 0 Å². The first-order valence-electron chi connectivity index (χ1n) is 9.17. The summed E-state index contributed by atoms with van der Waals surface area (Å²) in [5.41, 5.74) is 4.35. The van der Waals surface area contributed by atoms with Crippen LogP contribution >= 0.6 is 0 Å². The van der Waals surface area contributed by atoms with Gasteiger partial charge in [-0.1, -0.05) is 50.1 Å². The quantitative estimate of drug-likeness (QED) is 0.695. The number of benzene rings is 2. The molecule has 1 unspecified atom stereocenters. The molecule has 0 aliphatic heterocycles. The molecule has 0 aliphatic carbocycles. The zero-order chi connectivity index (χ0) is 18.2. The highest BCUT2D eigenvalue weighted by Crippen LogP contribution is 2.21. The Kier molecular flexibility index (Phi) is 7.05. The number of ether oxygens (including phenoxy) is 1. The first kappa shape index (κ1) is 19.0. The molecule has 0 spiro atoms. The molecule has 0 radical (unpaired) electrons. The number of carbonyl (C=O) groups is 1. The fraction of sp³-hybridized carbons (Fsp3) is 0.409. The summed E-state index contributed by atoms with van der Waals surface area (Å²) in [5, 5.41) is 2.96. The topological polar surface area (TPSA) is 38.3 Å². The molecule has 2 aromatic carbocycles. The average Bonchev–Trinajstić information content (AvgIpc) is 2.60. The number of carbonyl (C=O) groups excluding carboxylic acids is 1. The highest BCUT2D eigenvalue weighted by atomic mass is 16.5. The van der Waals surface area contributed by atoms with Crippen LogP contribution in [0.2, 0.25) is 0 Å². The molecule has 2 rings (SSSR count). The standard InChI is InChI=1S/C22H29NO2/c1-5-7-8-18-10-12-19(13-11-18)23-22(24)20(6-2)25-21-14-9-16(3)15-17(21)4/h9-15,20H,5-8H2,1-4H3,(H,23,24). The van der Waals surface area contributed by atoms with Crippen molar-refractivity contribution in [2.75, 3.05) is 5.32 Å². The van der Waals surface area contributed by atoms with Crippen LogP contribution in [0.5, 0.6) is 5.75 Å². The molecule has 3 nitrogen and oxygen atoms in total. The Bertz CT molecular complexity index is 692. The summed E-state index contributed by atoms with van der Waals surface area (Å²) < 4.78 is 5.95. The number of hydrogen-bond acceptors (Lipinski definition) is 2. The largest absolute Gasteiger partial charge is 0.480 e. The molecule has 1 amide bonds. The second-order valence-electron chi connectivity index (χ2n) is 6.57. The molecule has 1 atom stereocenters. The van der Waals surface area contributed by atoms with Crippen LogP contribution in [-0.2, 0) is 11.2 Å². The highest BCUT2D eigenvalue weighted by Gasteiger charge is 2.19. The summed E-state index contributed by atoms with van der Waals surface area (Å²) in [6, 6.07) is 14.1. The van der Waals surface area contributed by atoms with Crippen LogP contribution in [0.15, 0.2) is 42.5 Å². The Morgan fingerprint density at radius 1 is 1.08 bits per heavy atom. The fourth-order valence-corrected chi connectivity index (χ4v) is 2.77. The molecule has 0 bridgehead atoms. The predicted molar refractivity (Wildman–Crippen MR) is 104 cm³/mol. The van der Waals surface area contributed by atoms with Crippen LogP contribution in [0, 0.1) is 13.8 Å². The van der Waals surface area contributed by atoms with Gasteiger partial charge in [0.05, 0.1) is 0 Å². The number of nitrogens with one attached hydrogen (secondary N) is 1. The van der Waals surface area contributed by atoms with Crippen molar-refractivity contribution in [1.82, 2.24) is 0 Å². The molecule has 0 aliphatic rings. The molecule has 25 heavy (non-hydrogen) atoms. The summed E-state index contributed by atoms with van der Waals surface area (Å²) in [6.07, 6.45) is 3.58. The third kappa shape index (κ3) is 5.63. The van der Waals surface area contributed by atoms with Crippen molar-refractivity contribution < 1.29 is 9.53 Å². The number of rotatable bonds is 8. The minimum Gasteiger partial charge on any atom is -0.480 e. The van der Waals surface area contributed by atoms with Gasteiger partial charge in [0.25, 0.3) is 5.91 Å². The van der Waals surface area contributed by atoms with Crippen LogP contribution in [0.1, 0.15) is 49.8 Å². The minimum atomic E-state index is -0.499. The van der Waals surface area contributed by atoms with E-state index in [0.29, 0.717) is 6.42 Å². The number of hydrogen-bond donors (Lipinski definition) is 1. The first-order chi connectivity index (χ1) is 12.0. The average molecular weight is 339 g/mol. The lowest BCUT2D eigenvalue weighted by Crippen LogP contribution is -2.32. The van der Waals surface area contributed by atoms with E-state index in [9.17, 15) is 4.79 Å². The van der Waals surface area contributed by atoms with Gasteiger partial charge < -0.3 is 10.1 Å². The Morgan fingerprint density at radius 2 is 1.80 bits per heavy atom. The smallest absolute Gasteiger partial charge is 0.265 e. The van der Waals surface area contributed by atoms with E-state index < -0.39 is 6.10 Å². The number of anilines is 1. The maximum atomic E-state index is 12.5. The lowest BCUT2D eigenvalue weighted by Gasteiger charge is -2.19. The molecule has 0 aromatic heterocycles. The molecule has 0 fully saturated rings. The number of unbranched alkanes of at least 4 members (excludes halogenated alkanes) is 1. The fourth-order valence-electron chi connectivity index (χ4n) is 2.77. The Hall–Kier alpha value is -2.29. The maximum absolute atomic E-state index is 12.5. The molecular formula is C22H29NO2. The third-order valence-electron chi connectivity index (χ3n) is 4.30. The van der Waals surface area contributed by atoms with Gasteiger partial charge in [0.15, 0.2) is 6.10 Å². The second-order valence-corrected chi connectivity index (χ2v) is 6.57. The summed E-state index contributed by atoms with van der Waals surface area (Å²) in [6.45, 7) is 8.20. The van der Waals surface area contributed by atoms with Gasteiger partial charge in [0.1, 0.15) is 5.75 Å². The van der Waals surface area contributed by atoms with Gasteiger partial charge in [0, 0.05) is 5.69 Å². The van der Waals surface area contributed by atoms with Crippen molar-refractivity contribution >= 4 is 11.6 Å². The van der Waals surface area contributed by atoms with E-state index in [-0.39, 0.29) is 5.91 Å². The van der Waals surface area contributed by atoms with E-state index in [0.717, 1.165) is 23.4 Å². The molecule has 0 heterocycles. The van der Waals surface area contributed by atoms with Crippen LogP contribution < -0.4 is 10.1 Å². The third-order valence-corrected chi connectivity index (χ3v) is 4.30. The zero-order valence-electron chi connectivity index (χ0n) is 15.8. The lowest BCUT2D eigenvalue weighted by atomic mass is 10.1. The molecule has 0 saturated carbocycles. The molecule has 134 valence electrons. The van der Waals surface area contributed by atoms with Crippen LogP contribution in [0.25, 0.3) is 0 Å². The van der Waals surface area contributed by atoms with E-state index in [1.54, 1.807) is 0 Å². The summed E-state index contributed by atoms with van der Waals surface area (Å²) in [4.78, 5) is 12.5. The van der Waals surface area contributed by atoms with Crippen LogP contribution in [0.3, 0.4) is 0 Å². The van der Waals surface area contributed by atoms with Crippen molar-refractivity contribution in [1.29, 1.82) is 0 Å². The van der Waals surface area contributed by atoms with Gasteiger partial charge in [-0.15, -0.1) is 0 Å². The second kappa shape index (κ2) is 9.26. The van der Waals surface area contributed by atoms with Crippen molar-refractivity contribution in [2.45, 2.75) is 59.5 Å². The zero-order valence-corrected chi connectivity index (χ0v) is 15.8. The van der Waals surface area contributed by atoms with E-state index in [4.69, 9.17) is 4.74 Å². The molecule has 3 heteroatoms. The lowest BCUT2D eigenvalue weighted by molar-refractivity contribution is -0.122. The Morgan fingerprint density at radius 3 is 2.40 bits per heavy atom. The first-order valence-corrected chi connectivity index (χ1v) is 9.17. The Labute approximate surface area is 151 Å².